The Morgan fingerprint density at radius 1 is 1.33 bits per heavy atom. The summed E-state index contributed by atoms with van der Waals surface area (Å²) in [5.41, 5.74) is 7.26. The molecule has 33 heavy (non-hydrogen) atoms. The Labute approximate surface area is 192 Å². The number of carbonyl (C=O) groups excluding carboxylic acids is 1. The number of aromatic hydroxyl groups is 1. The largest absolute Gasteiger partial charge is 0.504 e. The van der Waals surface area contributed by atoms with Crippen LogP contribution < -0.4 is 15.8 Å². The van der Waals surface area contributed by atoms with E-state index in [9.17, 15) is 15.0 Å². The summed E-state index contributed by atoms with van der Waals surface area (Å²) in [5.74, 6) is 0.346. The molecule has 0 aromatic heterocycles. The van der Waals surface area contributed by atoms with Gasteiger partial charge in [0.25, 0.3) is 5.91 Å². The van der Waals surface area contributed by atoms with Gasteiger partial charge in [-0.1, -0.05) is 18.2 Å². The lowest BCUT2D eigenvalue weighted by molar-refractivity contribution is -0.188. The predicted octanol–water partition coefficient (Wildman–Crippen LogP) is 2.11. The molecule has 0 unspecified atom stereocenters. The lowest BCUT2D eigenvalue weighted by Crippen LogP contribution is -2.78. The van der Waals surface area contributed by atoms with E-state index in [1.807, 2.05) is 12.1 Å². The van der Waals surface area contributed by atoms with Gasteiger partial charge in [-0.05, 0) is 62.1 Å². The van der Waals surface area contributed by atoms with E-state index in [4.69, 9.17) is 10.5 Å². The Kier molecular flexibility index (Phi) is 4.35. The molecule has 2 bridgehead atoms. The van der Waals surface area contributed by atoms with Crippen molar-refractivity contribution in [1.82, 2.24) is 10.2 Å². The van der Waals surface area contributed by atoms with Crippen molar-refractivity contribution >= 4 is 11.6 Å². The van der Waals surface area contributed by atoms with Crippen molar-refractivity contribution in [3.63, 3.8) is 0 Å². The number of likely N-dealkylation sites (tertiary alicyclic amines) is 1. The predicted molar refractivity (Wildman–Crippen MR) is 124 cm³/mol. The number of nitrogens with zero attached hydrogens (tertiary/aromatic N) is 1. The van der Waals surface area contributed by atoms with Crippen molar-refractivity contribution in [2.24, 2.45) is 0 Å². The first-order valence-electron chi connectivity index (χ1n) is 11.6. The minimum Gasteiger partial charge on any atom is -0.504 e. The zero-order valence-electron chi connectivity index (χ0n) is 18.5. The van der Waals surface area contributed by atoms with Crippen LogP contribution in [0.1, 0.15) is 40.7 Å². The number of hydrogen-bond donors (Lipinski definition) is 4. The molecule has 2 aromatic carbocycles. The number of aliphatic hydroxyl groups is 1. The number of ether oxygens (including phenoxy) is 1. The Bertz CT molecular complexity index is 1170. The third-order valence-corrected chi connectivity index (χ3v) is 8.40. The summed E-state index contributed by atoms with van der Waals surface area (Å²) in [5, 5.41) is 26.2. The normalized spacial score (nSPS) is 33.7. The lowest BCUT2D eigenvalue weighted by Gasteiger charge is -2.64. The number of hydrogen-bond acceptors (Lipinski definition) is 6. The van der Waals surface area contributed by atoms with Crippen LogP contribution in [0.4, 0.5) is 5.69 Å². The van der Waals surface area contributed by atoms with Gasteiger partial charge in [-0.15, -0.1) is 6.58 Å². The standard InChI is InChI=1S/C26H29N3O4/c1-2-11-29-12-10-25-21-15-6-7-19(30)22(21)33-23(25)18(8-9-26(25,32)20(29)14-15)28-24(31)16-4-3-5-17(27)13-16/h2-7,13,18,20,23,30,32H,1,8-12,14,27H2,(H,28,31)/t18-,20-,23+,25+,26-/m1/s1. The molecule has 4 aliphatic rings. The van der Waals surface area contributed by atoms with Gasteiger partial charge in [-0.25, -0.2) is 0 Å². The van der Waals surface area contributed by atoms with E-state index < -0.39 is 17.1 Å². The van der Waals surface area contributed by atoms with E-state index in [0.29, 0.717) is 49.2 Å². The molecular formula is C26H29N3O4. The molecule has 1 saturated carbocycles. The molecule has 1 spiro atoms. The first-order chi connectivity index (χ1) is 15.9. The summed E-state index contributed by atoms with van der Waals surface area (Å²) in [6, 6.07) is 10.2. The number of nitrogens with two attached hydrogens (primary N) is 1. The van der Waals surface area contributed by atoms with E-state index >= 15 is 0 Å². The van der Waals surface area contributed by atoms with Crippen LogP contribution in [0.25, 0.3) is 0 Å². The molecule has 2 heterocycles. The number of anilines is 1. The van der Waals surface area contributed by atoms with Crippen LogP contribution in [0.2, 0.25) is 0 Å². The van der Waals surface area contributed by atoms with Crippen molar-refractivity contribution in [2.45, 2.75) is 54.9 Å². The molecule has 2 aromatic rings. The van der Waals surface area contributed by atoms with Crippen molar-refractivity contribution in [1.29, 1.82) is 0 Å². The van der Waals surface area contributed by atoms with Crippen molar-refractivity contribution in [3.8, 4) is 11.5 Å². The molecule has 6 rings (SSSR count). The van der Waals surface area contributed by atoms with Gasteiger partial charge in [0.05, 0.1) is 17.1 Å². The average molecular weight is 448 g/mol. The van der Waals surface area contributed by atoms with Gasteiger partial charge in [0.2, 0.25) is 0 Å². The molecular weight excluding hydrogens is 418 g/mol. The summed E-state index contributed by atoms with van der Waals surface area (Å²) in [7, 11) is 0. The Hall–Kier alpha value is -3.03. The van der Waals surface area contributed by atoms with Gasteiger partial charge >= 0.3 is 0 Å². The second-order valence-corrected chi connectivity index (χ2v) is 9.88. The van der Waals surface area contributed by atoms with Crippen molar-refractivity contribution in [3.05, 3.63) is 65.7 Å². The van der Waals surface area contributed by atoms with Crippen LogP contribution in [0.3, 0.4) is 0 Å². The minimum atomic E-state index is -1.01. The summed E-state index contributed by atoms with van der Waals surface area (Å²) < 4.78 is 6.45. The van der Waals surface area contributed by atoms with Crippen LogP contribution in [-0.4, -0.2) is 57.9 Å². The summed E-state index contributed by atoms with van der Waals surface area (Å²) >= 11 is 0. The number of phenolic OH excluding ortho intramolecular Hbond substituents is 1. The maximum absolute atomic E-state index is 13.1. The van der Waals surface area contributed by atoms with Gasteiger partial charge in [0.1, 0.15) is 6.10 Å². The minimum absolute atomic E-state index is 0.0658. The molecule has 5 N–H and O–H groups in total. The topological polar surface area (TPSA) is 108 Å². The quantitative estimate of drug-likeness (QED) is 0.422. The zero-order chi connectivity index (χ0) is 23.0. The number of rotatable bonds is 4. The zero-order valence-corrected chi connectivity index (χ0v) is 18.5. The molecule has 1 amide bonds. The molecule has 7 heteroatoms. The van der Waals surface area contributed by atoms with Gasteiger partial charge in [-0.2, -0.15) is 0 Å². The van der Waals surface area contributed by atoms with Gasteiger partial charge in [-0.3, -0.25) is 9.69 Å². The number of phenols is 1. The molecule has 7 nitrogen and oxygen atoms in total. The maximum Gasteiger partial charge on any atom is 0.251 e. The molecule has 1 saturated heterocycles. The number of piperidine rings is 1. The first-order valence-corrected chi connectivity index (χ1v) is 11.6. The number of benzene rings is 2. The summed E-state index contributed by atoms with van der Waals surface area (Å²) in [6.07, 6.45) is 3.94. The summed E-state index contributed by atoms with van der Waals surface area (Å²) in [4.78, 5) is 15.4. The average Bonchev–Trinajstić information content (AvgIpc) is 3.15. The van der Waals surface area contributed by atoms with E-state index in [1.54, 1.807) is 30.3 Å². The lowest BCUT2D eigenvalue weighted by atomic mass is 9.48. The SMILES string of the molecule is C=CCN1CC[C@]23c4c5ccc(O)c4O[C@H]2[C@H](NC(=O)c2cccc(N)c2)CC[C@@]3(O)[C@H]1C5. The number of amides is 1. The van der Waals surface area contributed by atoms with E-state index in [1.165, 1.54) is 0 Å². The summed E-state index contributed by atoms with van der Waals surface area (Å²) in [6.45, 7) is 5.42. The fraction of sp³-hybridized carbons (Fsp3) is 0.423. The van der Waals surface area contributed by atoms with Crippen LogP contribution in [0, 0.1) is 0 Å². The third-order valence-electron chi connectivity index (χ3n) is 8.40. The Balaban J connectivity index is 1.43. The second-order valence-electron chi connectivity index (χ2n) is 9.88. The highest BCUT2D eigenvalue weighted by molar-refractivity contribution is 5.95. The van der Waals surface area contributed by atoms with E-state index in [-0.39, 0.29) is 23.7 Å². The first kappa shape index (κ1) is 20.6. The second kappa shape index (κ2) is 6.98. The number of nitrogen functional groups attached to an aromatic ring is 1. The highest BCUT2D eigenvalue weighted by atomic mass is 16.5. The smallest absolute Gasteiger partial charge is 0.251 e. The van der Waals surface area contributed by atoms with Gasteiger partial charge in [0.15, 0.2) is 11.5 Å². The van der Waals surface area contributed by atoms with Crippen molar-refractivity contribution in [2.75, 3.05) is 18.8 Å². The third kappa shape index (κ3) is 2.60. The highest BCUT2D eigenvalue weighted by Crippen LogP contribution is 2.65. The molecule has 2 aliphatic carbocycles. The Morgan fingerprint density at radius 3 is 2.97 bits per heavy atom. The number of carbonyl (C=O) groups is 1. The molecule has 2 aliphatic heterocycles. The Morgan fingerprint density at radius 2 is 2.18 bits per heavy atom. The molecule has 5 atom stereocenters. The van der Waals surface area contributed by atoms with Gasteiger partial charge < -0.3 is 26.0 Å². The van der Waals surface area contributed by atoms with E-state index in [2.05, 4.69) is 16.8 Å². The van der Waals surface area contributed by atoms with E-state index in [0.717, 1.165) is 17.7 Å². The molecule has 2 fully saturated rings. The van der Waals surface area contributed by atoms with Crippen molar-refractivity contribution < 1.29 is 19.7 Å². The number of nitrogens with one attached hydrogen (secondary N) is 1. The monoisotopic (exact) mass is 447 g/mol. The molecule has 0 radical (unpaired) electrons. The van der Waals surface area contributed by atoms with Crippen LogP contribution in [0.5, 0.6) is 11.5 Å². The fourth-order valence-corrected chi connectivity index (χ4v) is 7.09. The molecule has 172 valence electrons. The maximum atomic E-state index is 13.1. The highest BCUT2D eigenvalue weighted by Gasteiger charge is 2.72. The van der Waals surface area contributed by atoms with Crippen LogP contribution in [0.15, 0.2) is 49.1 Å². The van der Waals surface area contributed by atoms with Crippen LogP contribution in [-0.2, 0) is 11.8 Å². The van der Waals surface area contributed by atoms with Gasteiger partial charge in [0, 0.05) is 29.4 Å². The fourth-order valence-electron chi connectivity index (χ4n) is 7.09. The van der Waals surface area contributed by atoms with Crippen LogP contribution >= 0.6 is 0 Å².